The molecule has 4 atom stereocenters. The number of hydrogen-bond acceptors (Lipinski definition) is 11. The van der Waals surface area contributed by atoms with Gasteiger partial charge in [0, 0.05) is 28.8 Å². The van der Waals surface area contributed by atoms with Crippen molar-refractivity contribution in [2.75, 3.05) is 19.0 Å². The van der Waals surface area contributed by atoms with Crippen molar-refractivity contribution in [2.24, 2.45) is 10.8 Å². The number of aromatic amines is 1. The first-order valence-electron chi connectivity index (χ1n) is 11.5. The molecule has 0 bridgehead atoms. The van der Waals surface area contributed by atoms with E-state index in [0.29, 0.717) is 0 Å². The molecule has 0 aliphatic carbocycles. The van der Waals surface area contributed by atoms with E-state index in [-0.39, 0.29) is 41.8 Å². The SMILES string of the molecule is Cc1cn([C@H]2CC(N=[N+]=[N-])[C@@H](COP(=O)(OCCSC(=O)C(C)(C)N)Oc3ccccc3)O2)c(=O)[nH]c1=O. The molecule has 16 heteroatoms. The molecular weight excluding hydrogens is 539 g/mol. The van der Waals surface area contributed by atoms with E-state index >= 15 is 0 Å². The Morgan fingerprint density at radius 1 is 1.34 bits per heavy atom. The number of carbonyl (C=O) groups excluding carboxylic acids is 1. The highest BCUT2D eigenvalue weighted by Crippen LogP contribution is 2.50. The Balaban J connectivity index is 1.72. The number of aryl methyl sites for hydroxylation is 1. The molecule has 38 heavy (non-hydrogen) atoms. The molecule has 1 aromatic heterocycles. The van der Waals surface area contributed by atoms with Gasteiger partial charge in [0.05, 0.1) is 30.9 Å². The number of phosphoric acid groups is 1. The lowest BCUT2D eigenvalue weighted by Crippen LogP contribution is -2.39. The van der Waals surface area contributed by atoms with E-state index in [0.717, 1.165) is 11.8 Å². The molecule has 2 heterocycles. The largest absolute Gasteiger partial charge is 0.530 e. The Morgan fingerprint density at radius 3 is 2.71 bits per heavy atom. The Labute approximate surface area is 222 Å². The van der Waals surface area contributed by atoms with Crippen LogP contribution in [0.4, 0.5) is 0 Å². The van der Waals surface area contributed by atoms with Gasteiger partial charge >= 0.3 is 13.5 Å². The first-order valence-corrected chi connectivity index (χ1v) is 14.0. The van der Waals surface area contributed by atoms with E-state index in [2.05, 4.69) is 15.0 Å². The fourth-order valence-electron chi connectivity index (χ4n) is 3.36. The monoisotopic (exact) mass is 568 g/mol. The van der Waals surface area contributed by atoms with Crippen LogP contribution in [0.25, 0.3) is 10.4 Å². The number of H-pyrrole nitrogens is 1. The lowest BCUT2D eigenvalue weighted by molar-refractivity contribution is -0.114. The highest BCUT2D eigenvalue weighted by molar-refractivity contribution is 8.13. The minimum atomic E-state index is -4.24. The number of hydrogen-bond donors (Lipinski definition) is 2. The molecule has 14 nitrogen and oxygen atoms in total. The van der Waals surface area contributed by atoms with E-state index < -0.39 is 43.0 Å². The summed E-state index contributed by atoms with van der Waals surface area (Å²) in [5, 5.41) is 3.45. The molecule has 0 spiro atoms. The summed E-state index contributed by atoms with van der Waals surface area (Å²) >= 11 is 0.924. The van der Waals surface area contributed by atoms with Gasteiger partial charge in [0.2, 0.25) is 5.12 Å². The summed E-state index contributed by atoms with van der Waals surface area (Å²) < 4.78 is 37.1. The molecule has 0 radical (unpaired) electrons. The maximum atomic E-state index is 13.5. The Morgan fingerprint density at radius 2 is 2.05 bits per heavy atom. The quantitative estimate of drug-likeness (QED) is 0.126. The van der Waals surface area contributed by atoms with Gasteiger partial charge in [-0.15, -0.1) is 0 Å². The van der Waals surface area contributed by atoms with Gasteiger partial charge in [-0.3, -0.25) is 28.2 Å². The van der Waals surface area contributed by atoms with Crippen molar-refractivity contribution in [1.29, 1.82) is 0 Å². The lowest BCUT2D eigenvalue weighted by atomic mass is 10.1. The van der Waals surface area contributed by atoms with Gasteiger partial charge in [-0.2, -0.15) is 0 Å². The van der Waals surface area contributed by atoms with Crippen LogP contribution >= 0.6 is 19.6 Å². The van der Waals surface area contributed by atoms with Crippen molar-refractivity contribution < 1.29 is 27.7 Å². The zero-order chi connectivity index (χ0) is 27.9. The van der Waals surface area contributed by atoms with E-state index in [9.17, 15) is 18.9 Å². The molecule has 3 N–H and O–H groups in total. The summed E-state index contributed by atoms with van der Waals surface area (Å²) in [7, 11) is -4.24. The summed E-state index contributed by atoms with van der Waals surface area (Å²) in [6.45, 7) is 4.16. The van der Waals surface area contributed by atoms with Crippen molar-refractivity contribution in [3.8, 4) is 5.75 Å². The highest BCUT2D eigenvalue weighted by Gasteiger charge is 2.39. The van der Waals surface area contributed by atoms with E-state index in [4.69, 9.17) is 29.6 Å². The van der Waals surface area contributed by atoms with Crippen LogP contribution < -0.4 is 21.5 Å². The van der Waals surface area contributed by atoms with Crippen molar-refractivity contribution in [2.45, 2.75) is 51.1 Å². The predicted octanol–water partition coefficient (Wildman–Crippen LogP) is 3.03. The Bertz CT molecular complexity index is 1340. The van der Waals surface area contributed by atoms with Crippen LogP contribution in [0.3, 0.4) is 0 Å². The number of benzene rings is 1. The predicted molar refractivity (Wildman–Crippen MR) is 140 cm³/mol. The molecule has 1 saturated heterocycles. The number of nitrogens with zero attached hydrogens (tertiary/aromatic N) is 4. The van der Waals surface area contributed by atoms with E-state index in [1.807, 2.05) is 0 Å². The van der Waals surface area contributed by atoms with Crippen LogP contribution in [0.15, 0.2) is 51.2 Å². The number of nitrogens with one attached hydrogen (secondary N) is 1. The molecule has 206 valence electrons. The van der Waals surface area contributed by atoms with E-state index in [1.54, 1.807) is 44.2 Å². The lowest BCUT2D eigenvalue weighted by Gasteiger charge is -2.22. The van der Waals surface area contributed by atoms with Gasteiger partial charge in [-0.25, -0.2) is 9.36 Å². The minimum absolute atomic E-state index is 0.0990. The third-order valence-corrected chi connectivity index (χ3v) is 7.87. The van der Waals surface area contributed by atoms with Gasteiger partial charge in [0.1, 0.15) is 12.0 Å². The topological polar surface area (TPSA) is 201 Å². The van der Waals surface area contributed by atoms with Crippen LogP contribution in [-0.2, 0) is 23.1 Å². The molecule has 1 fully saturated rings. The first-order chi connectivity index (χ1) is 17.9. The summed E-state index contributed by atoms with van der Waals surface area (Å²) in [6.07, 6.45) is -0.349. The molecule has 1 aliphatic heterocycles. The van der Waals surface area contributed by atoms with Gasteiger partial charge in [0.25, 0.3) is 5.56 Å². The van der Waals surface area contributed by atoms with Crippen LogP contribution in [0.5, 0.6) is 5.75 Å². The summed E-state index contributed by atoms with van der Waals surface area (Å²) in [6, 6.07) is 7.42. The number of nitrogens with two attached hydrogens (primary N) is 1. The number of ether oxygens (including phenoxy) is 1. The van der Waals surface area contributed by atoms with Crippen LogP contribution in [0.1, 0.15) is 32.1 Å². The van der Waals surface area contributed by atoms with Gasteiger partial charge in [-0.1, -0.05) is 35.1 Å². The van der Waals surface area contributed by atoms with Gasteiger partial charge < -0.3 is 15.0 Å². The third kappa shape index (κ3) is 8.05. The number of para-hydroxylation sites is 1. The molecule has 2 aromatic rings. The average Bonchev–Trinajstić information content (AvgIpc) is 3.25. The van der Waals surface area contributed by atoms with Crippen molar-refractivity contribution in [3.05, 3.63) is 73.4 Å². The standard InChI is InChI=1S/C22H29N6O8PS/c1-14-12-28(21(31)25-19(14)29)18-11-16(26-27-24)17(35-18)13-34-37(32,36-15-7-5-4-6-8-15)33-9-10-38-20(30)22(2,3)23/h4-8,12,16-18H,9-11,13,23H2,1-3H3,(H,25,29,31)/t16?,17-,18-,37?/m1/s1. The number of phosphoric ester groups is 1. The minimum Gasteiger partial charge on any atom is -0.404 e. The second-order valence-corrected chi connectivity index (χ2v) is 11.6. The van der Waals surface area contributed by atoms with Gasteiger partial charge in [0.15, 0.2) is 0 Å². The van der Waals surface area contributed by atoms with Gasteiger partial charge in [-0.05, 0) is 38.4 Å². The van der Waals surface area contributed by atoms with Crippen molar-refractivity contribution >= 4 is 24.7 Å². The fraction of sp³-hybridized carbons (Fsp3) is 0.500. The molecule has 3 rings (SSSR count). The second kappa shape index (κ2) is 12.8. The van der Waals surface area contributed by atoms with Crippen LogP contribution in [-0.4, -0.2) is 51.3 Å². The summed E-state index contributed by atoms with van der Waals surface area (Å²) in [4.78, 5) is 41.1. The fourth-order valence-corrected chi connectivity index (χ4v) is 5.41. The zero-order valence-corrected chi connectivity index (χ0v) is 22.7. The second-order valence-electron chi connectivity index (χ2n) is 8.95. The maximum Gasteiger partial charge on any atom is 0.530 e. The average molecular weight is 569 g/mol. The summed E-state index contributed by atoms with van der Waals surface area (Å²) in [5.74, 6) is 0.359. The number of rotatable bonds is 12. The van der Waals surface area contributed by atoms with Crippen molar-refractivity contribution in [1.82, 2.24) is 9.55 Å². The van der Waals surface area contributed by atoms with Crippen LogP contribution in [0, 0.1) is 6.92 Å². The Kier molecular flexibility index (Phi) is 9.96. The van der Waals surface area contributed by atoms with E-state index in [1.165, 1.54) is 17.7 Å². The normalized spacial score (nSPS) is 20.9. The molecule has 1 aliphatic rings. The molecule has 0 amide bonds. The smallest absolute Gasteiger partial charge is 0.404 e. The highest BCUT2D eigenvalue weighted by atomic mass is 32.2. The molecular formula is C22H29N6O8PS. The van der Waals surface area contributed by atoms with Crippen molar-refractivity contribution in [3.63, 3.8) is 0 Å². The Hall–Kier alpha value is -2.90. The first kappa shape index (κ1) is 29.7. The number of aromatic nitrogens is 2. The zero-order valence-electron chi connectivity index (χ0n) is 21.0. The molecule has 1 aromatic carbocycles. The maximum absolute atomic E-state index is 13.5. The number of carbonyl (C=O) groups is 1. The third-order valence-electron chi connectivity index (χ3n) is 5.31. The number of thioether (sulfide) groups is 1. The molecule has 0 saturated carbocycles. The number of azide groups is 1. The molecule has 2 unspecified atom stereocenters. The summed E-state index contributed by atoms with van der Waals surface area (Å²) in [5.41, 5.74) is 12.8. The van der Waals surface area contributed by atoms with Crippen LogP contribution in [0.2, 0.25) is 0 Å².